The van der Waals surface area contributed by atoms with Gasteiger partial charge in [-0.3, -0.25) is 0 Å². The standard InChI is InChI=1S/C18H17N5O2S/c19-23-22-12-6-4-11(5-7-12)18-15-3-1-2-14(15)16-10-13(26(20,24)25)8-9-17(16)21-18/h1-2,4-10,14-15,18,21H,3H2,(H2,20,24,25). The molecule has 0 spiro atoms. The molecule has 3 N–H and O–H groups in total. The number of fused-ring (bicyclic) bond motifs is 3. The summed E-state index contributed by atoms with van der Waals surface area (Å²) in [5, 5.41) is 12.4. The van der Waals surface area contributed by atoms with Gasteiger partial charge in [-0.05, 0) is 47.2 Å². The van der Waals surface area contributed by atoms with E-state index >= 15 is 0 Å². The van der Waals surface area contributed by atoms with E-state index in [2.05, 4.69) is 27.5 Å². The molecular formula is C18H17N5O2S. The number of anilines is 1. The van der Waals surface area contributed by atoms with Crippen molar-refractivity contribution in [1.29, 1.82) is 0 Å². The quantitative estimate of drug-likeness (QED) is 0.367. The number of nitrogens with one attached hydrogen (secondary N) is 1. The first-order chi connectivity index (χ1) is 12.5. The molecule has 7 nitrogen and oxygen atoms in total. The fourth-order valence-electron chi connectivity index (χ4n) is 3.88. The van der Waals surface area contributed by atoms with Crippen LogP contribution in [-0.4, -0.2) is 8.42 Å². The van der Waals surface area contributed by atoms with Gasteiger partial charge >= 0.3 is 0 Å². The minimum absolute atomic E-state index is 0.0861. The summed E-state index contributed by atoms with van der Waals surface area (Å²) in [4.78, 5) is 2.93. The first-order valence-electron chi connectivity index (χ1n) is 8.22. The van der Waals surface area contributed by atoms with Gasteiger partial charge in [-0.25, -0.2) is 13.6 Å². The first-order valence-corrected chi connectivity index (χ1v) is 9.77. The van der Waals surface area contributed by atoms with Gasteiger partial charge in [0, 0.05) is 22.2 Å². The van der Waals surface area contributed by atoms with Crippen molar-refractivity contribution in [3.05, 3.63) is 76.2 Å². The number of hydrogen-bond acceptors (Lipinski definition) is 4. The lowest BCUT2D eigenvalue weighted by Gasteiger charge is -2.37. The van der Waals surface area contributed by atoms with Gasteiger partial charge in [0.15, 0.2) is 0 Å². The molecule has 8 heteroatoms. The normalized spacial score (nSPS) is 23.5. The Morgan fingerprint density at radius 2 is 1.96 bits per heavy atom. The van der Waals surface area contributed by atoms with Crippen LogP contribution < -0.4 is 10.5 Å². The Kier molecular flexibility index (Phi) is 3.96. The molecule has 0 bridgehead atoms. The molecule has 0 saturated carbocycles. The molecule has 0 amide bonds. The zero-order chi connectivity index (χ0) is 18.3. The summed E-state index contributed by atoms with van der Waals surface area (Å²) in [6.45, 7) is 0. The number of hydrogen-bond donors (Lipinski definition) is 2. The molecule has 2 aliphatic rings. The van der Waals surface area contributed by atoms with E-state index in [1.807, 2.05) is 12.1 Å². The number of allylic oxidation sites excluding steroid dienone is 2. The molecule has 3 unspecified atom stereocenters. The fourth-order valence-corrected chi connectivity index (χ4v) is 4.43. The first kappa shape index (κ1) is 16.7. The molecule has 0 saturated heterocycles. The summed E-state index contributed by atoms with van der Waals surface area (Å²) >= 11 is 0. The highest BCUT2D eigenvalue weighted by Gasteiger charge is 2.38. The van der Waals surface area contributed by atoms with Gasteiger partial charge < -0.3 is 5.32 Å². The predicted molar refractivity (Wildman–Crippen MR) is 99.4 cm³/mol. The molecule has 1 aliphatic heterocycles. The van der Waals surface area contributed by atoms with Crippen molar-refractivity contribution in [2.45, 2.75) is 23.3 Å². The average Bonchev–Trinajstić information content (AvgIpc) is 3.11. The van der Waals surface area contributed by atoms with E-state index < -0.39 is 10.0 Å². The zero-order valence-corrected chi connectivity index (χ0v) is 14.6. The van der Waals surface area contributed by atoms with Gasteiger partial charge in [0.2, 0.25) is 10.0 Å². The van der Waals surface area contributed by atoms with Gasteiger partial charge in [-0.2, -0.15) is 0 Å². The lowest BCUT2D eigenvalue weighted by atomic mass is 9.77. The molecule has 3 atom stereocenters. The molecule has 1 aliphatic carbocycles. The molecule has 1 heterocycles. The van der Waals surface area contributed by atoms with Crippen LogP contribution in [0, 0.1) is 5.92 Å². The lowest BCUT2D eigenvalue weighted by molar-refractivity contribution is 0.425. The maximum absolute atomic E-state index is 11.7. The molecule has 26 heavy (non-hydrogen) atoms. The van der Waals surface area contributed by atoms with Crippen molar-refractivity contribution >= 4 is 21.4 Å². The van der Waals surface area contributed by atoms with Crippen LogP contribution in [0.3, 0.4) is 0 Å². The van der Waals surface area contributed by atoms with Crippen LogP contribution >= 0.6 is 0 Å². The molecule has 0 aromatic heterocycles. The summed E-state index contributed by atoms with van der Waals surface area (Å²) in [5.41, 5.74) is 12.1. The highest BCUT2D eigenvalue weighted by Crippen LogP contribution is 2.50. The van der Waals surface area contributed by atoms with Crippen molar-refractivity contribution in [1.82, 2.24) is 0 Å². The number of rotatable bonds is 3. The minimum Gasteiger partial charge on any atom is -0.378 e. The van der Waals surface area contributed by atoms with Crippen LogP contribution in [0.2, 0.25) is 0 Å². The van der Waals surface area contributed by atoms with E-state index in [1.165, 1.54) is 6.07 Å². The SMILES string of the molecule is [N-]=[N+]=Nc1ccc(C2Nc3ccc(S(N)(=O)=O)cc3C3C=CCC32)cc1. The molecule has 2 aromatic carbocycles. The summed E-state index contributed by atoms with van der Waals surface area (Å²) in [5.74, 6) is 0.415. The maximum Gasteiger partial charge on any atom is 0.238 e. The monoisotopic (exact) mass is 367 g/mol. The second-order valence-electron chi connectivity index (χ2n) is 6.55. The van der Waals surface area contributed by atoms with E-state index in [4.69, 9.17) is 10.7 Å². The average molecular weight is 367 g/mol. The van der Waals surface area contributed by atoms with E-state index in [9.17, 15) is 8.42 Å². The Bertz CT molecular complexity index is 1040. The smallest absolute Gasteiger partial charge is 0.238 e. The van der Waals surface area contributed by atoms with E-state index in [0.29, 0.717) is 5.69 Å². The minimum atomic E-state index is -3.73. The van der Waals surface area contributed by atoms with Crippen LogP contribution in [0.5, 0.6) is 0 Å². The third-order valence-electron chi connectivity index (χ3n) is 5.08. The summed E-state index contributed by atoms with van der Waals surface area (Å²) < 4.78 is 23.4. The van der Waals surface area contributed by atoms with E-state index in [-0.39, 0.29) is 22.8 Å². The predicted octanol–water partition coefficient (Wildman–Crippen LogP) is 4.10. The molecular weight excluding hydrogens is 350 g/mol. The van der Waals surface area contributed by atoms with Gasteiger partial charge in [0.25, 0.3) is 0 Å². The van der Waals surface area contributed by atoms with Crippen LogP contribution in [0.25, 0.3) is 10.4 Å². The highest BCUT2D eigenvalue weighted by atomic mass is 32.2. The number of sulfonamides is 1. The largest absolute Gasteiger partial charge is 0.378 e. The number of primary sulfonamides is 1. The van der Waals surface area contributed by atoms with Crippen molar-refractivity contribution in [3.8, 4) is 0 Å². The second-order valence-corrected chi connectivity index (χ2v) is 8.11. The third-order valence-corrected chi connectivity index (χ3v) is 5.99. The van der Waals surface area contributed by atoms with Crippen LogP contribution in [-0.2, 0) is 10.0 Å². The second kappa shape index (κ2) is 6.17. The summed E-state index contributed by atoms with van der Waals surface area (Å²) in [6, 6.07) is 12.6. The highest BCUT2D eigenvalue weighted by molar-refractivity contribution is 7.89. The van der Waals surface area contributed by atoms with E-state index in [1.54, 1.807) is 24.3 Å². The number of nitrogens with zero attached hydrogens (tertiary/aromatic N) is 3. The third kappa shape index (κ3) is 2.84. The molecule has 4 rings (SSSR count). The Morgan fingerprint density at radius 3 is 2.65 bits per heavy atom. The zero-order valence-electron chi connectivity index (χ0n) is 13.8. The molecule has 2 aromatic rings. The maximum atomic E-state index is 11.7. The topological polar surface area (TPSA) is 121 Å². The van der Waals surface area contributed by atoms with E-state index in [0.717, 1.165) is 23.2 Å². The fraction of sp³-hybridized carbons (Fsp3) is 0.222. The molecule has 0 radical (unpaired) electrons. The Balaban J connectivity index is 1.74. The Hall–Kier alpha value is -2.80. The van der Waals surface area contributed by atoms with Crippen molar-refractivity contribution in [2.24, 2.45) is 16.2 Å². The van der Waals surface area contributed by atoms with Gasteiger partial charge in [-0.1, -0.05) is 41.5 Å². The summed E-state index contributed by atoms with van der Waals surface area (Å²) in [7, 11) is -3.73. The molecule has 132 valence electrons. The Labute approximate surface area is 151 Å². The van der Waals surface area contributed by atoms with Gasteiger partial charge in [0.05, 0.1) is 10.9 Å². The number of nitrogens with two attached hydrogens (primary N) is 1. The summed E-state index contributed by atoms with van der Waals surface area (Å²) in [6.07, 6.45) is 5.18. The van der Waals surface area contributed by atoms with Crippen LogP contribution in [0.15, 0.2) is 64.6 Å². The van der Waals surface area contributed by atoms with Crippen molar-refractivity contribution in [2.75, 3.05) is 5.32 Å². The van der Waals surface area contributed by atoms with Gasteiger partial charge in [-0.15, -0.1) is 0 Å². The Morgan fingerprint density at radius 1 is 1.19 bits per heavy atom. The number of benzene rings is 2. The lowest BCUT2D eigenvalue weighted by Crippen LogP contribution is -2.29. The van der Waals surface area contributed by atoms with Crippen molar-refractivity contribution < 1.29 is 8.42 Å². The molecule has 0 fully saturated rings. The van der Waals surface area contributed by atoms with Crippen LogP contribution in [0.1, 0.15) is 29.5 Å². The van der Waals surface area contributed by atoms with Crippen LogP contribution in [0.4, 0.5) is 11.4 Å². The number of azide groups is 1. The van der Waals surface area contributed by atoms with Crippen molar-refractivity contribution in [3.63, 3.8) is 0 Å². The van der Waals surface area contributed by atoms with Gasteiger partial charge in [0.1, 0.15) is 0 Å².